The van der Waals surface area contributed by atoms with E-state index < -0.39 is 45.8 Å². The third-order valence-electron chi connectivity index (χ3n) is 2.82. The number of phenols is 1. The van der Waals surface area contributed by atoms with Gasteiger partial charge in [-0.3, -0.25) is 0 Å². The summed E-state index contributed by atoms with van der Waals surface area (Å²) in [5.41, 5.74) is -2.71. The first-order valence-electron chi connectivity index (χ1n) is 6.03. The van der Waals surface area contributed by atoms with Gasteiger partial charge in [-0.1, -0.05) is 11.8 Å². The van der Waals surface area contributed by atoms with E-state index in [1.54, 1.807) is 0 Å². The van der Waals surface area contributed by atoms with Gasteiger partial charge in [0.25, 0.3) is 0 Å². The lowest BCUT2D eigenvalue weighted by Gasteiger charge is -2.09. The van der Waals surface area contributed by atoms with Crippen molar-refractivity contribution in [3.05, 3.63) is 64.2 Å². The van der Waals surface area contributed by atoms with Gasteiger partial charge in [-0.05, 0) is 30.3 Å². The SMILES string of the molecule is N#Cc1cc(F)c(C#Cc2ccc(O)cc2C(F)(F)F)cc1F. The largest absolute Gasteiger partial charge is 0.508 e. The Bertz CT molecular complexity index is 869. The highest BCUT2D eigenvalue weighted by Gasteiger charge is 2.33. The lowest BCUT2D eigenvalue weighted by Crippen LogP contribution is -2.07. The van der Waals surface area contributed by atoms with Gasteiger partial charge in [0.05, 0.1) is 16.7 Å². The molecule has 2 aromatic rings. The molecule has 0 saturated heterocycles. The van der Waals surface area contributed by atoms with Gasteiger partial charge in [0.15, 0.2) is 0 Å². The molecule has 0 aromatic heterocycles. The summed E-state index contributed by atoms with van der Waals surface area (Å²) in [4.78, 5) is 0. The fraction of sp³-hybridized carbons (Fsp3) is 0.0625. The number of benzene rings is 2. The highest BCUT2D eigenvalue weighted by molar-refractivity contribution is 5.51. The van der Waals surface area contributed by atoms with Crippen molar-refractivity contribution in [1.29, 1.82) is 5.26 Å². The van der Waals surface area contributed by atoms with Crippen LogP contribution in [0.15, 0.2) is 30.3 Å². The van der Waals surface area contributed by atoms with Gasteiger partial charge in [0, 0.05) is 5.56 Å². The first-order valence-corrected chi connectivity index (χ1v) is 6.03. The van der Waals surface area contributed by atoms with Crippen molar-refractivity contribution in [2.75, 3.05) is 0 Å². The van der Waals surface area contributed by atoms with Crippen LogP contribution in [0.3, 0.4) is 0 Å². The maximum absolute atomic E-state index is 13.6. The molecule has 0 bridgehead atoms. The van der Waals surface area contributed by atoms with E-state index in [0.717, 1.165) is 12.1 Å². The van der Waals surface area contributed by atoms with E-state index in [-0.39, 0.29) is 0 Å². The van der Waals surface area contributed by atoms with Gasteiger partial charge in [0.1, 0.15) is 23.5 Å². The van der Waals surface area contributed by atoms with Crippen molar-refractivity contribution in [2.45, 2.75) is 6.18 Å². The van der Waals surface area contributed by atoms with E-state index in [9.17, 15) is 22.0 Å². The van der Waals surface area contributed by atoms with Crippen LogP contribution in [0.25, 0.3) is 0 Å². The molecule has 2 aromatic carbocycles. The zero-order valence-electron chi connectivity index (χ0n) is 11.2. The number of nitriles is 1. The molecule has 0 atom stereocenters. The second kappa shape index (κ2) is 5.98. The van der Waals surface area contributed by atoms with Gasteiger partial charge in [0.2, 0.25) is 0 Å². The van der Waals surface area contributed by atoms with E-state index >= 15 is 0 Å². The molecule has 23 heavy (non-hydrogen) atoms. The Morgan fingerprint density at radius 2 is 1.43 bits per heavy atom. The van der Waals surface area contributed by atoms with Gasteiger partial charge in [-0.15, -0.1) is 0 Å². The Kier molecular flexibility index (Phi) is 4.24. The maximum atomic E-state index is 13.6. The molecular formula is C16H6F5NO. The Hall–Kier alpha value is -3.06. The molecule has 0 saturated carbocycles. The minimum absolute atomic E-state index is 0.484. The van der Waals surface area contributed by atoms with Crippen molar-refractivity contribution in [3.63, 3.8) is 0 Å². The van der Waals surface area contributed by atoms with Gasteiger partial charge in [-0.2, -0.15) is 18.4 Å². The minimum Gasteiger partial charge on any atom is -0.508 e. The predicted molar refractivity (Wildman–Crippen MR) is 70.2 cm³/mol. The Balaban J connectivity index is 2.53. The number of aromatic hydroxyl groups is 1. The molecule has 0 unspecified atom stereocenters. The maximum Gasteiger partial charge on any atom is 0.417 e. The molecule has 0 aliphatic heterocycles. The van der Waals surface area contributed by atoms with Crippen molar-refractivity contribution in [1.82, 2.24) is 0 Å². The first kappa shape index (κ1) is 16.3. The smallest absolute Gasteiger partial charge is 0.417 e. The van der Waals surface area contributed by atoms with Crippen molar-refractivity contribution in [3.8, 4) is 23.7 Å². The number of nitrogens with zero attached hydrogens (tertiary/aromatic N) is 1. The number of rotatable bonds is 0. The Morgan fingerprint density at radius 3 is 2.04 bits per heavy atom. The summed E-state index contributed by atoms with van der Waals surface area (Å²) in [6, 6.07) is 5.08. The number of hydrogen-bond donors (Lipinski definition) is 1. The molecular weight excluding hydrogens is 317 g/mol. The van der Waals surface area contributed by atoms with Crippen LogP contribution in [0.1, 0.15) is 22.3 Å². The van der Waals surface area contributed by atoms with Crippen molar-refractivity contribution in [2.24, 2.45) is 0 Å². The molecule has 0 aliphatic carbocycles. The van der Waals surface area contributed by atoms with Crippen molar-refractivity contribution >= 4 is 0 Å². The van der Waals surface area contributed by atoms with E-state index in [1.807, 2.05) is 0 Å². The van der Waals surface area contributed by atoms with Crippen molar-refractivity contribution < 1.29 is 27.1 Å². The summed E-state index contributed by atoms with van der Waals surface area (Å²) in [6.45, 7) is 0. The molecule has 1 N–H and O–H groups in total. The highest BCUT2D eigenvalue weighted by atomic mass is 19.4. The highest BCUT2D eigenvalue weighted by Crippen LogP contribution is 2.33. The molecule has 0 fully saturated rings. The fourth-order valence-electron chi connectivity index (χ4n) is 1.74. The summed E-state index contributed by atoms with van der Waals surface area (Å²) in [5, 5.41) is 17.7. The zero-order valence-corrected chi connectivity index (χ0v) is 11.2. The van der Waals surface area contributed by atoms with Crippen LogP contribution in [0.2, 0.25) is 0 Å². The molecule has 116 valence electrons. The summed E-state index contributed by atoms with van der Waals surface area (Å²) in [5.74, 6) is 1.54. The summed E-state index contributed by atoms with van der Waals surface area (Å²) in [7, 11) is 0. The fourth-order valence-corrected chi connectivity index (χ4v) is 1.74. The normalized spacial score (nSPS) is 10.6. The van der Waals surface area contributed by atoms with Crippen LogP contribution in [0, 0.1) is 34.8 Å². The number of alkyl halides is 3. The number of hydrogen-bond acceptors (Lipinski definition) is 2. The van der Waals surface area contributed by atoms with Crippen LogP contribution in [-0.2, 0) is 6.18 Å². The van der Waals surface area contributed by atoms with Crippen LogP contribution in [-0.4, -0.2) is 5.11 Å². The Morgan fingerprint density at radius 1 is 0.870 bits per heavy atom. The van der Waals surface area contributed by atoms with E-state index in [2.05, 4.69) is 11.8 Å². The average Bonchev–Trinajstić information content (AvgIpc) is 2.47. The third kappa shape index (κ3) is 3.58. The minimum atomic E-state index is -4.77. The average molecular weight is 323 g/mol. The topological polar surface area (TPSA) is 44.0 Å². The lowest BCUT2D eigenvalue weighted by molar-refractivity contribution is -0.137. The molecule has 0 spiro atoms. The molecule has 2 nitrogen and oxygen atoms in total. The molecule has 0 radical (unpaired) electrons. The standard InChI is InChI=1S/C16H6F5NO/c17-14-6-11(8-22)15(18)5-10(14)2-1-9-3-4-12(23)7-13(9)16(19,20)21/h3-7,23H. The Labute approximate surface area is 127 Å². The summed E-state index contributed by atoms with van der Waals surface area (Å²) < 4.78 is 65.6. The second-order valence-electron chi connectivity index (χ2n) is 4.40. The van der Waals surface area contributed by atoms with Crippen LogP contribution >= 0.6 is 0 Å². The molecule has 0 aliphatic rings. The van der Waals surface area contributed by atoms with Gasteiger partial charge in [-0.25, -0.2) is 8.78 Å². The lowest BCUT2D eigenvalue weighted by atomic mass is 10.1. The molecule has 2 rings (SSSR count). The number of phenolic OH excluding ortho intramolecular Hbond substituents is 1. The van der Waals surface area contributed by atoms with E-state index in [1.165, 1.54) is 6.07 Å². The summed E-state index contributed by atoms with van der Waals surface area (Å²) >= 11 is 0. The second-order valence-corrected chi connectivity index (χ2v) is 4.40. The molecule has 7 heteroatoms. The van der Waals surface area contributed by atoms with E-state index in [0.29, 0.717) is 18.2 Å². The summed E-state index contributed by atoms with van der Waals surface area (Å²) in [6.07, 6.45) is -4.77. The van der Waals surface area contributed by atoms with Crippen LogP contribution in [0.4, 0.5) is 22.0 Å². The monoisotopic (exact) mass is 323 g/mol. The van der Waals surface area contributed by atoms with Gasteiger partial charge >= 0.3 is 6.18 Å². The zero-order chi connectivity index (χ0) is 17.2. The van der Waals surface area contributed by atoms with Crippen LogP contribution < -0.4 is 0 Å². The van der Waals surface area contributed by atoms with E-state index in [4.69, 9.17) is 10.4 Å². The molecule has 0 heterocycles. The predicted octanol–water partition coefficient (Wildman–Crippen LogP) is 3.96. The third-order valence-corrected chi connectivity index (χ3v) is 2.82. The first-order chi connectivity index (χ1) is 10.7. The van der Waals surface area contributed by atoms with Crippen LogP contribution in [0.5, 0.6) is 5.75 Å². The molecule has 0 amide bonds. The number of halogens is 5. The van der Waals surface area contributed by atoms with Gasteiger partial charge < -0.3 is 5.11 Å². The quantitative estimate of drug-likeness (QED) is 0.589.